The van der Waals surface area contributed by atoms with E-state index in [9.17, 15) is 4.79 Å². The minimum absolute atomic E-state index is 0.317. The van der Waals surface area contributed by atoms with E-state index in [1.165, 1.54) is 11.3 Å². The lowest BCUT2D eigenvalue weighted by molar-refractivity contribution is 0.209. The number of rotatable bonds is 4. The molecular formula is C17H19N5O3S2. The second kappa shape index (κ2) is 7.29. The van der Waals surface area contributed by atoms with Gasteiger partial charge in [-0.25, -0.2) is 14.8 Å². The zero-order valence-electron chi connectivity index (χ0n) is 14.9. The predicted octanol–water partition coefficient (Wildman–Crippen LogP) is 3.27. The van der Waals surface area contributed by atoms with E-state index in [-0.39, 0.29) is 0 Å². The van der Waals surface area contributed by atoms with Crippen LogP contribution in [0.2, 0.25) is 0 Å². The van der Waals surface area contributed by atoms with Crippen LogP contribution in [0.5, 0.6) is 5.75 Å². The van der Waals surface area contributed by atoms with Gasteiger partial charge in [0.25, 0.3) is 0 Å². The Morgan fingerprint density at radius 1 is 1.26 bits per heavy atom. The molecule has 1 amide bonds. The Bertz CT molecular complexity index is 978. The lowest BCUT2D eigenvalue weighted by Crippen LogP contribution is -2.44. The van der Waals surface area contributed by atoms with Crippen molar-refractivity contribution in [2.75, 3.05) is 50.6 Å². The van der Waals surface area contributed by atoms with Crippen LogP contribution in [-0.2, 0) is 0 Å². The molecule has 1 aliphatic heterocycles. The summed E-state index contributed by atoms with van der Waals surface area (Å²) in [5, 5.41) is 14.7. The van der Waals surface area contributed by atoms with Gasteiger partial charge in [0.15, 0.2) is 10.3 Å². The molecule has 0 saturated carbocycles. The fourth-order valence-electron chi connectivity index (χ4n) is 3.03. The molecule has 1 fully saturated rings. The van der Waals surface area contributed by atoms with Gasteiger partial charge < -0.3 is 19.6 Å². The van der Waals surface area contributed by atoms with E-state index in [2.05, 4.69) is 27.1 Å². The average molecular weight is 406 g/mol. The van der Waals surface area contributed by atoms with Crippen LogP contribution in [0.1, 0.15) is 0 Å². The van der Waals surface area contributed by atoms with Crippen LogP contribution in [0.15, 0.2) is 17.5 Å². The number of amides is 1. The second-order valence-corrected chi connectivity index (χ2v) is 8.08. The summed E-state index contributed by atoms with van der Waals surface area (Å²) < 4.78 is 6.24. The summed E-state index contributed by atoms with van der Waals surface area (Å²) in [4.78, 5) is 24.8. The summed E-state index contributed by atoms with van der Waals surface area (Å²) in [6, 6.07) is 3.80. The number of anilines is 2. The number of piperazine rings is 1. The minimum atomic E-state index is -1.14. The number of fused-ring (bicyclic) bond motifs is 1. The fraction of sp³-hybridized carbons (Fsp3) is 0.353. The van der Waals surface area contributed by atoms with Gasteiger partial charge >= 0.3 is 6.09 Å². The standard InChI is InChI=1S/C17H19N5O3S2/c1-21-5-7-22(8-6-21)16-18-11(9-26-16)10-3-4-12(25-2)13-14(10)27-15(19-13)20-17(23)24/h3-4,9H,5-8H2,1-2H3,(H,19,20)(H,23,24). The van der Waals surface area contributed by atoms with Crippen LogP contribution in [0, 0.1) is 0 Å². The summed E-state index contributed by atoms with van der Waals surface area (Å²) in [6.45, 7) is 3.99. The van der Waals surface area contributed by atoms with E-state index in [0.29, 0.717) is 16.4 Å². The first-order valence-electron chi connectivity index (χ1n) is 8.42. The van der Waals surface area contributed by atoms with Gasteiger partial charge in [-0.15, -0.1) is 11.3 Å². The third-order valence-corrected chi connectivity index (χ3v) is 6.39. The van der Waals surface area contributed by atoms with Gasteiger partial charge in [0, 0.05) is 37.1 Å². The quantitative estimate of drug-likeness (QED) is 0.688. The first-order chi connectivity index (χ1) is 13.0. The van der Waals surface area contributed by atoms with Gasteiger partial charge in [0.05, 0.1) is 17.5 Å². The van der Waals surface area contributed by atoms with Crippen molar-refractivity contribution >= 4 is 49.2 Å². The van der Waals surface area contributed by atoms with Crippen LogP contribution in [0.4, 0.5) is 15.1 Å². The number of methoxy groups -OCH3 is 1. The maximum absolute atomic E-state index is 11.0. The average Bonchev–Trinajstić information content (AvgIpc) is 3.28. The maximum atomic E-state index is 11.0. The maximum Gasteiger partial charge on any atom is 0.410 e. The van der Waals surface area contributed by atoms with E-state index in [1.54, 1.807) is 18.4 Å². The monoisotopic (exact) mass is 405 g/mol. The third-order valence-electron chi connectivity index (χ3n) is 4.48. The van der Waals surface area contributed by atoms with Gasteiger partial charge in [0.1, 0.15) is 11.3 Å². The predicted molar refractivity (Wildman–Crippen MR) is 109 cm³/mol. The number of likely N-dealkylation sites (N-methyl/N-ethyl adjacent to an activating group) is 1. The molecule has 2 aromatic heterocycles. The molecule has 8 nitrogen and oxygen atoms in total. The molecule has 0 atom stereocenters. The SMILES string of the molecule is COc1ccc(-c2csc(N3CCN(C)CC3)n2)c2sc(NC(=O)O)nc12. The molecule has 0 aliphatic carbocycles. The number of thiazole rings is 2. The highest BCUT2D eigenvalue weighted by molar-refractivity contribution is 7.23. The number of hydrogen-bond donors (Lipinski definition) is 2. The van der Waals surface area contributed by atoms with Crippen LogP contribution >= 0.6 is 22.7 Å². The van der Waals surface area contributed by atoms with Crippen molar-refractivity contribution in [2.45, 2.75) is 0 Å². The number of ether oxygens (including phenoxy) is 1. The molecular weight excluding hydrogens is 386 g/mol. The van der Waals surface area contributed by atoms with Crippen molar-refractivity contribution < 1.29 is 14.6 Å². The lowest BCUT2D eigenvalue weighted by atomic mass is 10.1. The summed E-state index contributed by atoms with van der Waals surface area (Å²) in [6.07, 6.45) is -1.14. The summed E-state index contributed by atoms with van der Waals surface area (Å²) in [7, 11) is 3.71. The molecule has 27 heavy (non-hydrogen) atoms. The Kier molecular flexibility index (Phi) is 4.85. The molecule has 3 aromatic rings. The van der Waals surface area contributed by atoms with Gasteiger partial charge in [0.2, 0.25) is 0 Å². The number of nitrogens with one attached hydrogen (secondary N) is 1. The highest BCUT2D eigenvalue weighted by Gasteiger charge is 2.20. The third kappa shape index (κ3) is 3.55. The zero-order valence-corrected chi connectivity index (χ0v) is 16.6. The van der Waals surface area contributed by atoms with E-state index < -0.39 is 6.09 Å². The van der Waals surface area contributed by atoms with Gasteiger partial charge in [-0.3, -0.25) is 5.32 Å². The minimum Gasteiger partial charge on any atom is -0.494 e. The number of nitrogens with zero attached hydrogens (tertiary/aromatic N) is 4. The summed E-state index contributed by atoms with van der Waals surface area (Å²) in [5.74, 6) is 0.609. The Hall–Kier alpha value is -2.43. The number of benzene rings is 1. The first-order valence-corrected chi connectivity index (χ1v) is 10.1. The molecule has 0 radical (unpaired) electrons. The Balaban J connectivity index is 1.71. The molecule has 1 aromatic carbocycles. The Morgan fingerprint density at radius 2 is 2.04 bits per heavy atom. The van der Waals surface area contributed by atoms with Crippen molar-refractivity contribution in [3.05, 3.63) is 17.5 Å². The zero-order chi connectivity index (χ0) is 19.0. The molecule has 3 heterocycles. The van der Waals surface area contributed by atoms with Crippen LogP contribution in [-0.4, -0.2) is 66.4 Å². The van der Waals surface area contributed by atoms with Gasteiger partial charge in [-0.2, -0.15) is 0 Å². The van der Waals surface area contributed by atoms with E-state index in [1.807, 2.05) is 17.5 Å². The van der Waals surface area contributed by atoms with Gasteiger partial charge in [-0.05, 0) is 19.2 Å². The normalized spacial score (nSPS) is 15.3. The second-order valence-electron chi connectivity index (χ2n) is 6.25. The van der Waals surface area contributed by atoms with Crippen molar-refractivity contribution in [1.29, 1.82) is 0 Å². The van der Waals surface area contributed by atoms with Crippen LogP contribution < -0.4 is 15.0 Å². The Labute approximate surface area is 164 Å². The first kappa shape index (κ1) is 18.0. The van der Waals surface area contributed by atoms with Crippen LogP contribution in [0.3, 0.4) is 0 Å². The molecule has 142 valence electrons. The van der Waals surface area contributed by atoms with Gasteiger partial charge in [-0.1, -0.05) is 11.3 Å². The van der Waals surface area contributed by atoms with Crippen LogP contribution in [0.25, 0.3) is 21.5 Å². The molecule has 1 saturated heterocycles. The summed E-state index contributed by atoms with van der Waals surface area (Å²) in [5.41, 5.74) is 2.43. The van der Waals surface area contributed by atoms with E-state index in [0.717, 1.165) is 47.3 Å². The molecule has 1 aliphatic rings. The lowest BCUT2D eigenvalue weighted by Gasteiger charge is -2.32. The fourth-order valence-corrected chi connectivity index (χ4v) is 4.90. The molecule has 4 rings (SSSR count). The van der Waals surface area contributed by atoms with Crippen molar-refractivity contribution in [3.63, 3.8) is 0 Å². The smallest absolute Gasteiger partial charge is 0.410 e. The highest BCUT2D eigenvalue weighted by Crippen LogP contribution is 2.40. The molecule has 0 bridgehead atoms. The van der Waals surface area contributed by atoms with E-state index >= 15 is 0 Å². The molecule has 10 heteroatoms. The number of carboxylic acid groups (broad SMARTS) is 1. The number of carbonyl (C=O) groups is 1. The largest absolute Gasteiger partial charge is 0.494 e. The van der Waals surface area contributed by atoms with Crippen molar-refractivity contribution in [1.82, 2.24) is 14.9 Å². The number of hydrogen-bond acceptors (Lipinski definition) is 8. The highest BCUT2D eigenvalue weighted by atomic mass is 32.1. The molecule has 0 spiro atoms. The Morgan fingerprint density at radius 3 is 2.74 bits per heavy atom. The number of aromatic nitrogens is 2. The summed E-state index contributed by atoms with van der Waals surface area (Å²) >= 11 is 2.91. The molecule has 2 N–H and O–H groups in total. The van der Waals surface area contributed by atoms with E-state index in [4.69, 9.17) is 14.8 Å². The van der Waals surface area contributed by atoms with Crippen molar-refractivity contribution in [2.24, 2.45) is 0 Å². The van der Waals surface area contributed by atoms with Crippen molar-refractivity contribution in [3.8, 4) is 17.0 Å². The topological polar surface area (TPSA) is 90.8 Å². The molecule has 0 unspecified atom stereocenters.